The Labute approximate surface area is 315 Å². The Morgan fingerprint density at radius 2 is 1.82 bits per heavy atom. The molecule has 0 aliphatic carbocycles. The normalized spacial score (nSPS) is 17.0. The Morgan fingerprint density at radius 1 is 1.00 bits per heavy atom. The number of hydrogen-bond acceptors (Lipinski definition) is 8. The fourth-order valence-electron chi connectivity index (χ4n) is 7.63. The van der Waals surface area contributed by atoms with Crippen LogP contribution in [0.25, 0.3) is 39.4 Å². The van der Waals surface area contributed by atoms with Gasteiger partial charge in [-0.1, -0.05) is 37.3 Å². The number of aromatic nitrogens is 4. The molecule has 5 amide bonds. The molecular weight excluding hydrogens is 703 g/mol. The van der Waals surface area contributed by atoms with Crippen molar-refractivity contribution in [2.45, 2.75) is 58.8 Å². The van der Waals surface area contributed by atoms with Crippen LogP contribution in [-0.4, -0.2) is 78.0 Å². The van der Waals surface area contributed by atoms with Gasteiger partial charge < -0.3 is 19.7 Å². The maximum Gasteiger partial charge on any atom is 0.270 e. The number of carbonyl (C=O) groups excluding carboxylic acids is 5. The average molecular weight is 741 g/mol. The fourth-order valence-corrected chi connectivity index (χ4v) is 7.63. The molecule has 2 N–H and O–H groups in total. The monoisotopic (exact) mass is 740 g/mol. The van der Waals surface area contributed by atoms with Crippen molar-refractivity contribution in [2.24, 2.45) is 0 Å². The summed E-state index contributed by atoms with van der Waals surface area (Å²) in [5, 5.41) is 6.70. The van der Waals surface area contributed by atoms with Crippen LogP contribution in [0.3, 0.4) is 0 Å². The van der Waals surface area contributed by atoms with E-state index in [4.69, 9.17) is 9.97 Å². The number of nitrogens with one attached hydrogen (secondary N) is 2. The van der Waals surface area contributed by atoms with Crippen LogP contribution in [0, 0.1) is 0 Å². The van der Waals surface area contributed by atoms with Crippen LogP contribution < -0.4 is 10.6 Å². The van der Waals surface area contributed by atoms with E-state index in [1.807, 2.05) is 35.4 Å². The average Bonchev–Trinajstić information content (AvgIpc) is 3.73. The van der Waals surface area contributed by atoms with Gasteiger partial charge in [-0.3, -0.25) is 39.3 Å². The lowest BCUT2D eigenvalue weighted by molar-refractivity contribution is -0.137. The van der Waals surface area contributed by atoms with E-state index in [9.17, 15) is 24.0 Å². The first-order valence-electron chi connectivity index (χ1n) is 18.2. The van der Waals surface area contributed by atoms with E-state index < -0.39 is 30.2 Å². The van der Waals surface area contributed by atoms with E-state index in [0.717, 1.165) is 40.0 Å². The molecule has 0 bridgehead atoms. The highest BCUT2D eigenvalue weighted by atomic mass is 19.1. The summed E-state index contributed by atoms with van der Waals surface area (Å²) in [6.07, 6.45) is 5.76. The molecule has 3 aliphatic rings. The van der Waals surface area contributed by atoms with Crippen LogP contribution in [0.4, 0.5) is 4.39 Å². The molecule has 2 aromatic carbocycles. The van der Waals surface area contributed by atoms with E-state index in [1.54, 1.807) is 43.5 Å². The quantitative estimate of drug-likeness (QED) is 0.219. The van der Waals surface area contributed by atoms with E-state index in [0.29, 0.717) is 47.6 Å². The van der Waals surface area contributed by atoms with Crippen molar-refractivity contribution in [3.8, 4) is 22.5 Å². The molecule has 1 fully saturated rings. The molecule has 6 heterocycles. The van der Waals surface area contributed by atoms with Gasteiger partial charge >= 0.3 is 0 Å². The lowest BCUT2D eigenvalue weighted by Crippen LogP contribution is -2.52. The van der Waals surface area contributed by atoms with Crippen molar-refractivity contribution < 1.29 is 28.4 Å². The largest absolute Gasteiger partial charge is 0.344 e. The molecule has 1 atom stereocenters. The minimum absolute atomic E-state index is 0.0371. The number of carbonyl (C=O) groups is 5. The van der Waals surface area contributed by atoms with E-state index >= 15 is 4.39 Å². The third kappa shape index (κ3) is 6.64. The number of amides is 5. The van der Waals surface area contributed by atoms with Gasteiger partial charge in [0.05, 0.1) is 30.2 Å². The van der Waals surface area contributed by atoms with Crippen LogP contribution >= 0.6 is 0 Å². The Balaban J connectivity index is 0.948. The van der Waals surface area contributed by atoms with Gasteiger partial charge in [-0.05, 0) is 53.3 Å². The predicted molar refractivity (Wildman–Crippen MR) is 201 cm³/mol. The number of benzene rings is 2. The van der Waals surface area contributed by atoms with E-state index in [2.05, 4.69) is 27.1 Å². The molecule has 14 heteroatoms. The minimum atomic E-state index is -0.781. The summed E-state index contributed by atoms with van der Waals surface area (Å²) in [7, 11) is 0. The number of imidazole rings is 1. The molecule has 0 saturated carbocycles. The van der Waals surface area contributed by atoms with Crippen molar-refractivity contribution in [2.75, 3.05) is 13.1 Å². The number of piperidine rings is 1. The Hall–Kier alpha value is -6.57. The lowest BCUT2D eigenvalue weighted by Gasteiger charge is -2.29. The Kier molecular flexibility index (Phi) is 9.25. The fraction of sp³-hybridized carbons (Fsp3) is 0.268. The topological polar surface area (TPSA) is 159 Å². The van der Waals surface area contributed by atoms with Crippen LogP contribution in [0.2, 0.25) is 0 Å². The Bertz CT molecular complexity index is 2460. The molecule has 5 aromatic rings. The lowest BCUT2D eigenvalue weighted by atomic mass is 10.0. The van der Waals surface area contributed by atoms with E-state index in [-0.39, 0.29) is 42.8 Å². The zero-order valence-electron chi connectivity index (χ0n) is 30.3. The van der Waals surface area contributed by atoms with Gasteiger partial charge in [0.1, 0.15) is 23.4 Å². The Morgan fingerprint density at radius 3 is 2.58 bits per heavy atom. The number of nitrogens with zero attached hydrogens (tertiary/aromatic N) is 6. The van der Waals surface area contributed by atoms with Crippen LogP contribution in [0.5, 0.6) is 0 Å². The maximum absolute atomic E-state index is 15.2. The summed E-state index contributed by atoms with van der Waals surface area (Å²) in [6.45, 7) is 5.23. The second kappa shape index (κ2) is 14.3. The number of halogens is 1. The molecule has 278 valence electrons. The van der Waals surface area contributed by atoms with Crippen molar-refractivity contribution in [1.82, 2.24) is 40.0 Å². The summed E-state index contributed by atoms with van der Waals surface area (Å²) in [5.74, 6) is -1.43. The van der Waals surface area contributed by atoms with Crippen molar-refractivity contribution in [3.63, 3.8) is 0 Å². The summed E-state index contributed by atoms with van der Waals surface area (Å²) >= 11 is 0. The summed E-state index contributed by atoms with van der Waals surface area (Å²) in [5.41, 5.74) is 5.65. The molecule has 3 aliphatic heterocycles. The third-order valence-electron chi connectivity index (χ3n) is 10.5. The zero-order valence-corrected chi connectivity index (χ0v) is 30.3. The van der Waals surface area contributed by atoms with Gasteiger partial charge in [0, 0.05) is 73.9 Å². The highest BCUT2D eigenvalue weighted by molar-refractivity contribution is 6.06. The number of imide groups is 1. The smallest absolute Gasteiger partial charge is 0.270 e. The molecule has 0 radical (unpaired) electrons. The zero-order chi connectivity index (χ0) is 38.4. The molecule has 8 rings (SSSR count). The van der Waals surface area contributed by atoms with Crippen LogP contribution in [-0.2, 0) is 40.4 Å². The molecule has 0 spiro atoms. The molecule has 13 nitrogen and oxygen atoms in total. The van der Waals surface area contributed by atoms with Gasteiger partial charge in [0.25, 0.3) is 11.8 Å². The first-order valence-corrected chi connectivity index (χ1v) is 18.2. The summed E-state index contributed by atoms with van der Waals surface area (Å²) in [6, 6.07) is 15.4. The van der Waals surface area contributed by atoms with Gasteiger partial charge in [0.2, 0.25) is 17.7 Å². The first-order chi connectivity index (χ1) is 26.6. The summed E-state index contributed by atoms with van der Waals surface area (Å²) < 4.78 is 17.4. The molecule has 55 heavy (non-hydrogen) atoms. The molecular formula is C41H37FN8O5. The minimum Gasteiger partial charge on any atom is -0.344 e. The second-order valence-corrected chi connectivity index (χ2v) is 13.8. The number of hydrogen-bond donors (Lipinski definition) is 2. The number of rotatable bonds is 8. The van der Waals surface area contributed by atoms with Crippen molar-refractivity contribution in [1.29, 1.82) is 0 Å². The van der Waals surface area contributed by atoms with E-state index in [1.165, 1.54) is 11.0 Å². The SMILES string of the molecule is CCc1nc(-c2cccc3cc(-c4ccc(C(=O)NC/C(F)=C/c5cccc6c5CN(C5CCC(=O)NC5=O)C6=O)nc4)ncc23)c2n1CCN(C(C)=O)C2. The number of pyridine rings is 2. The molecule has 3 aromatic heterocycles. The number of fused-ring (bicyclic) bond motifs is 3. The van der Waals surface area contributed by atoms with Gasteiger partial charge in [-0.2, -0.15) is 0 Å². The van der Waals surface area contributed by atoms with Gasteiger partial charge in [-0.25, -0.2) is 9.37 Å². The second-order valence-electron chi connectivity index (χ2n) is 13.8. The predicted octanol–water partition coefficient (Wildman–Crippen LogP) is 4.59. The highest BCUT2D eigenvalue weighted by Crippen LogP contribution is 2.35. The number of aryl methyl sites for hydroxylation is 1. The standard InChI is InChI=1S/C41H37FN8O5/c1-3-36-46-38(35-22-48(23(2)51)14-15-49(35)36)28-8-4-7-25-17-33(44-20-30(25)28)26-10-11-32(43-18-26)39(53)45-19-27(42)16-24-6-5-9-29-31(24)21-50(41(29)55)34-12-13-37(52)47-40(34)54/h4-11,16-18,20,34H,3,12-15,19,21-22H2,1-2H3,(H,45,53)(H,47,52,54)/b27-16-. The third-order valence-corrected chi connectivity index (χ3v) is 10.5. The van der Waals surface area contributed by atoms with Gasteiger partial charge in [-0.15, -0.1) is 0 Å². The maximum atomic E-state index is 15.2. The highest BCUT2D eigenvalue weighted by Gasteiger charge is 2.39. The van der Waals surface area contributed by atoms with Crippen molar-refractivity contribution in [3.05, 3.63) is 107 Å². The van der Waals surface area contributed by atoms with Crippen LogP contribution in [0.1, 0.15) is 70.2 Å². The summed E-state index contributed by atoms with van der Waals surface area (Å²) in [4.78, 5) is 79.6. The van der Waals surface area contributed by atoms with Gasteiger partial charge in [0.15, 0.2) is 0 Å². The van der Waals surface area contributed by atoms with Crippen molar-refractivity contribution >= 4 is 46.4 Å². The van der Waals surface area contributed by atoms with Crippen LogP contribution in [0.15, 0.2) is 72.8 Å². The molecule has 1 unspecified atom stereocenters. The molecule has 1 saturated heterocycles. The first kappa shape index (κ1) is 35.5.